The summed E-state index contributed by atoms with van der Waals surface area (Å²) in [7, 11) is -3.12. The van der Waals surface area contributed by atoms with Gasteiger partial charge >= 0.3 is 0 Å². The van der Waals surface area contributed by atoms with Crippen molar-refractivity contribution in [2.75, 3.05) is 0 Å². The summed E-state index contributed by atoms with van der Waals surface area (Å²) in [6.45, 7) is 0. The van der Waals surface area contributed by atoms with Crippen LogP contribution in [0.5, 0.6) is 11.5 Å². The lowest BCUT2D eigenvalue weighted by Gasteiger charge is -1.91. The van der Waals surface area contributed by atoms with Crippen molar-refractivity contribution in [3.05, 3.63) is 24.3 Å². The molecule has 1 aromatic carbocycles. The van der Waals surface area contributed by atoms with Crippen LogP contribution in [-0.2, 0) is 11.0 Å². The Balaban J connectivity index is 0.000000261. The molecule has 3 N–H and O–H groups in total. The van der Waals surface area contributed by atoms with Gasteiger partial charge in [0.15, 0.2) is 11.5 Å². The maximum absolute atomic E-state index is 8.67. The van der Waals surface area contributed by atoms with Gasteiger partial charge in [-0.15, -0.1) is 0 Å². The van der Waals surface area contributed by atoms with Crippen molar-refractivity contribution in [1.82, 2.24) is 0 Å². The molecule has 0 saturated heterocycles. The lowest BCUT2D eigenvalue weighted by molar-refractivity contribution is 0.404. The number of phenols is 2. The van der Waals surface area contributed by atoms with Crippen LogP contribution in [0.1, 0.15) is 0 Å². The van der Waals surface area contributed by atoms with E-state index in [2.05, 4.69) is 0 Å². The van der Waals surface area contributed by atoms with Crippen LogP contribution in [0.15, 0.2) is 24.3 Å². The van der Waals surface area contributed by atoms with Crippen molar-refractivity contribution in [3.63, 3.8) is 0 Å². The molecule has 1 aromatic rings. The van der Waals surface area contributed by atoms with Gasteiger partial charge in [-0.3, -0.25) is 4.55 Å². The standard InChI is InChI=1S/C6H6O2.H2O3S/c7-5-3-1-2-4-6(5)8;1-4(2)3/h1-4,7-8H;4H,(H,1,2,3). The monoisotopic (exact) mass is 192 g/mol. The van der Waals surface area contributed by atoms with Gasteiger partial charge in [-0.25, -0.2) is 8.42 Å². The van der Waals surface area contributed by atoms with Gasteiger partial charge in [-0.1, -0.05) is 12.1 Å². The Hall–Kier alpha value is -1.27. The molecule has 0 aromatic heterocycles. The first-order valence-corrected chi connectivity index (χ1v) is 3.97. The molecule has 0 heterocycles. The average Bonchev–Trinajstić information content (AvgIpc) is 1.94. The summed E-state index contributed by atoms with van der Waals surface area (Å²) in [6.07, 6.45) is 0. The summed E-state index contributed by atoms with van der Waals surface area (Å²) in [5.74, 6) is -0.153. The summed E-state index contributed by atoms with van der Waals surface area (Å²) in [6, 6.07) is 6.15. The second-order valence-electron chi connectivity index (χ2n) is 1.73. The normalized spacial score (nSPS) is 8.83. The minimum Gasteiger partial charge on any atom is -0.504 e. The van der Waals surface area contributed by atoms with Gasteiger partial charge in [-0.2, -0.15) is 0 Å². The molecular formula is C6H8O5S. The van der Waals surface area contributed by atoms with Crippen molar-refractivity contribution < 1.29 is 23.2 Å². The van der Waals surface area contributed by atoms with Crippen molar-refractivity contribution in [3.8, 4) is 11.5 Å². The lowest BCUT2D eigenvalue weighted by atomic mass is 10.3. The van der Waals surface area contributed by atoms with Crippen LogP contribution in [0.2, 0.25) is 0 Å². The Kier molecular flexibility index (Phi) is 4.82. The van der Waals surface area contributed by atoms with E-state index in [1.807, 2.05) is 0 Å². The van der Waals surface area contributed by atoms with Gasteiger partial charge in [-0.05, 0) is 12.1 Å². The lowest BCUT2D eigenvalue weighted by Crippen LogP contribution is -1.63. The molecule has 12 heavy (non-hydrogen) atoms. The van der Waals surface area contributed by atoms with Gasteiger partial charge in [0.05, 0.1) is 0 Å². The first kappa shape index (κ1) is 10.7. The number of benzene rings is 1. The van der Waals surface area contributed by atoms with Crippen molar-refractivity contribution >= 4 is 11.0 Å². The highest BCUT2D eigenvalue weighted by atomic mass is 32.2. The van der Waals surface area contributed by atoms with E-state index >= 15 is 0 Å². The number of phenolic OH excluding ortho intramolecular Hbond substituents is 2. The molecule has 0 unspecified atom stereocenters. The summed E-state index contributed by atoms with van der Waals surface area (Å²) in [5, 5.41) is 17.3. The van der Waals surface area contributed by atoms with E-state index in [0.717, 1.165) is 0 Å². The quantitative estimate of drug-likeness (QED) is 0.267. The molecule has 5 nitrogen and oxygen atoms in total. The Morgan fingerprint density at radius 3 is 1.42 bits per heavy atom. The van der Waals surface area contributed by atoms with Crippen molar-refractivity contribution in [1.29, 1.82) is 0 Å². The molecule has 0 radical (unpaired) electrons. The zero-order chi connectivity index (χ0) is 9.56. The zero-order valence-corrected chi connectivity index (χ0v) is 6.81. The molecule has 0 aliphatic heterocycles. The van der Waals surface area contributed by atoms with Crippen LogP contribution < -0.4 is 0 Å². The third-order valence-electron chi connectivity index (χ3n) is 0.882. The number of hydrogen-bond acceptors (Lipinski definition) is 4. The van der Waals surface area contributed by atoms with E-state index in [1.165, 1.54) is 12.1 Å². The van der Waals surface area contributed by atoms with Crippen LogP contribution in [-0.4, -0.2) is 23.2 Å². The topological polar surface area (TPSA) is 94.8 Å². The van der Waals surface area contributed by atoms with E-state index in [-0.39, 0.29) is 11.5 Å². The molecule has 0 spiro atoms. The fourth-order valence-corrected chi connectivity index (χ4v) is 0.464. The molecule has 0 bridgehead atoms. The SMILES string of the molecule is O=[SH](=O)O.Oc1ccccc1O. The van der Waals surface area contributed by atoms with Crippen molar-refractivity contribution in [2.45, 2.75) is 0 Å². The third-order valence-corrected chi connectivity index (χ3v) is 0.882. The van der Waals surface area contributed by atoms with E-state index in [9.17, 15) is 0 Å². The molecule has 0 saturated carbocycles. The highest BCUT2D eigenvalue weighted by molar-refractivity contribution is 7.66. The van der Waals surface area contributed by atoms with Gasteiger partial charge < -0.3 is 10.2 Å². The first-order chi connectivity index (χ1) is 5.54. The van der Waals surface area contributed by atoms with Crippen LogP contribution in [0.4, 0.5) is 0 Å². The van der Waals surface area contributed by atoms with Gasteiger partial charge in [0.2, 0.25) is 0 Å². The van der Waals surface area contributed by atoms with E-state index < -0.39 is 11.0 Å². The maximum Gasteiger partial charge on any atom is 0.254 e. The molecule has 0 aliphatic rings. The fraction of sp³-hybridized carbons (Fsp3) is 0. The number of aromatic hydroxyl groups is 2. The molecular weight excluding hydrogens is 184 g/mol. The Morgan fingerprint density at radius 2 is 1.25 bits per heavy atom. The molecule has 68 valence electrons. The van der Waals surface area contributed by atoms with Gasteiger partial charge in [0, 0.05) is 0 Å². The van der Waals surface area contributed by atoms with Gasteiger partial charge in [0.1, 0.15) is 0 Å². The molecule has 0 aliphatic carbocycles. The van der Waals surface area contributed by atoms with E-state index in [0.29, 0.717) is 0 Å². The first-order valence-electron chi connectivity index (χ1n) is 2.84. The Morgan fingerprint density at radius 1 is 1.00 bits per heavy atom. The van der Waals surface area contributed by atoms with Crippen LogP contribution in [0.3, 0.4) is 0 Å². The summed E-state index contributed by atoms with van der Waals surface area (Å²) in [4.78, 5) is 0. The molecule has 6 heteroatoms. The maximum atomic E-state index is 8.67. The number of para-hydroxylation sites is 2. The van der Waals surface area contributed by atoms with Crippen molar-refractivity contribution in [2.24, 2.45) is 0 Å². The largest absolute Gasteiger partial charge is 0.504 e. The second-order valence-corrected chi connectivity index (χ2v) is 2.20. The number of thiol groups is 1. The van der Waals surface area contributed by atoms with Crippen LogP contribution in [0.25, 0.3) is 0 Å². The van der Waals surface area contributed by atoms with Crippen LogP contribution >= 0.6 is 0 Å². The van der Waals surface area contributed by atoms with Crippen LogP contribution in [0, 0.1) is 0 Å². The second kappa shape index (κ2) is 5.39. The van der Waals surface area contributed by atoms with Gasteiger partial charge in [0.25, 0.3) is 11.0 Å². The number of hydrogen-bond donors (Lipinski definition) is 4. The molecule has 1 rings (SSSR count). The van der Waals surface area contributed by atoms with E-state index in [1.54, 1.807) is 12.1 Å². The summed E-state index contributed by atoms with van der Waals surface area (Å²) < 4.78 is 24.2. The highest BCUT2D eigenvalue weighted by Gasteiger charge is 1.90. The zero-order valence-electron chi connectivity index (χ0n) is 5.91. The Labute approximate surface area is 70.7 Å². The Bertz CT molecular complexity index is 278. The molecule has 0 fully saturated rings. The predicted molar refractivity (Wildman–Crippen MR) is 42.7 cm³/mol. The fourth-order valence-electron chi connectivity index (χ4n) is 0.464. The van der Waals surface area contributed by atoms with E-state index in [4.69, 9.17) is 23.2 Å². The number of rotatable bonds is 0. The summed E-state index contributed by atoms with van der Waals surface area (Å²) in [5.41, 5.74) is 0. The third kappa shape index (κ3) is 5.51. The average molecular weight is 192 g/mol. The highest BCUT2D eigenvalue weighted by Crippen LogP contribution is 2.21. The smallest absolute Gasteiger partial charge is 0.254 e. The molecule has 0 amide bonds. The summed E-state index contributed by atoms with van der Waals surface area (Å²) >= 11 is 0. The molecule has 0 atom stereocenters. The minimum atomic E-state index is -3.12. The minimum absolute atomic E-state index is 0.0764. The predicted octanol–water partition coefficient (Wildman–Crippen LogP) is 0.169.